The highest BCUT2D eigenvalue weighted by molar-refractivity contribution is 5.81. The van der Waals surface area contributed by atoms with Crippen LogP contribution in [0, 0.1) is 5.41 Å². The number of benzene rings is 1. The first-order valence-electron chi connectivity index (χ1n) is 11.2. The smallest absolute Gasteiger partial charge is 0.225 e. The third kappa shape index (κ3) is 6.96. The van der Waals surface area contributed by atoms with Crippen molar-refractivity contribution >= 4 is 16.9 Å². The van der Waals surface area contributed by atoms with E-state index in [9.17, 15) is 4.79 Å². The zero-order valence-corrected chi connectivity index (χ0v) is 18.4. The van der Waals surface area contributed by atoms with Crippen molar-refractivity contribution in [2.45, 2.75) is 92.0 Å². The maximum Gasteiger partial charge on any atom is 0.225 e. The zero-order valence-electron chi connectivity index (χ0n) is 18.4. The first-order chi connectivity index (χ1) is 13.4. The van der Waals surface area contributed by atoms with Gasteiger partial charge in [-0.05, 0) is 18.6 Å². The Morgan fingerprint density at radius 2 is 1.64 bits per heavy atom. The molecule has 0 bridgehead atoms. The molecule has 0 aliphatic rings. The van der Waals surface area contributed by atoms with Gasteiger partial charge in [0.15, 0.2) is 0 Å². The van der Waals surface area contributed by atoms with Crippen molar-refractivity contribution in [1.82, 2.24) is 14.9 Å². The number of carbonyl (C=O) groups is 1. The van der Waals surface area contributed by atoms with Gasteiger partial charge in [0, 0.05) is 24.9 Å². The van der Waals surface area contributed by atoms with E-state index in [-0.39, 0.29) is 11.3 Å². The number of aryl methyl sites for hydroxylation is 1. The third-order valence-electron chi connectivity index (χ3n) is 5.28. The Morgan fingerprint density at radius 1 is 1.00 bits per heavy atom. The number of carbonyl (C=O) groups excluding carboxylic acids is 1. The number of hydrogen-bond acceptors (Lipinski definition) is 2. The van der Waals surface area contributed by atoms with E-state index in [1.54, 1.807) is 0 Å². The van der Waals surface area contributed by atoms with Crippen LogP contribution >= 0.6 is 0 Å². The minimum atomic E-state index is -0.350. The number of aromatic nitrogens is 2. The fraction of sp³-hybridized carbons (Fsp3) is 0.667. The van der Waals surface area contributed by atoms with Crippen LogP contribution in [-0.4, -0.2) is 22.0 Å². The van der Waals surface area contributed by atoms with Gasteiger partial charge in [0.2, 0.25) is 5.91 Å². The highest BCUT2D eigenvalue weighted by Crippen LogP contribution is 2.18. The second-order valence-electron chi connectivity index (χ2n) is 8.90. The molecule has 0 aliphatic carbocycles. The van der Waals surface area contributed by atoms with Crippen LogP contribution in [0.25, 0.3) is 11.0 Å². The normalized spacial score (nSPS) is 11.9. The molecule has 2 aromatic rings. The van der Waals surface area contributed by atoms with E-state index in [0.29, 0.717) is 6.54 Å². The summed E-state index contributed by atoms with van der Waals surface area (Å²) >= 11 is 0. The van der Waals surface area contributed by atoms with Crippen LogP contribution in [0.4, 0.5) is 0 Å². The Morgan fingerprint density at radius 3 is 2.32 bits per heavy atom. The van der Waals surface area contributed by atoms with Crippen molar-refractivity contribution in [2.24, 2.45) is 5.41 Å². The number of nitrogens with one attached hydrogen (secondary N) is 1. The van der Waals surface area contributed by atoms with E-state index in [1.807, 2.05) is 26.8 Å². The fourth-order valence-electron chi connectivity index (χ4n) is 3.52. The van der Waals surface area contributed by atoms with Crippen LogP contribution in [-0.2, 0) is 17.8 Å². The maximum atomic E-state index is 12.1. The Labute approximate surface area is 171 Å². The van der Waals surface area contributed by atoms with Crippen molar-refractivity contribution in [3.8, 4) is 0 Å². The molecule has 4 heteroatoms. The molecule has 0 atom stereocenters. The lowest BCUT2D eigenvalue weighted by Crippen LogP contribution is -2.36. The average molecular weight is 386 g/mol. The molecule has 2 rings (SSSR count). The first-order valence-corrected chi connectivity index (χ1v) is 11.2. The van der Waals surface area contributed by atoms with Crippen LogP contribution < -0.4 is 5.32 Å². The number of amides is 1. The lowest BCUT2D eigenvalue weighted by atomic mass is 9.96. The summed E-state index contributed by atoms with van der Waals surface area (Å²) in [4.78, 5) is 16.9. The van der Waals surface area contributed by atoms with Gasteiger partial charge in [0.05, 0.1) is 11.0 Å². The molecular formula is C24H39N3O. The predicted octanol–water partition coefficient (Wildman–Crippen LogP) is 5.88. The Hall–Kier alpha value is -1.84. The van der Waals surface area contributed by atoms with Crippen molar-refractivity contribution < 1.29 is 4.79 Å². The number of unbranched alkanes of at least 4 members (excludes halogenated alkanes) is 7. The van der Waals surface area contributed by atoms with Crippen LogP contribution in [0.3, 0.4) is 0 Å². The molecule has 4 nitrogen and oxygen atoms in total. The molecule has 1 N–H and O–H groups in total. The average Bonchev–Trinajstić information content (AvgIpc) is 3.00. The highest BCUT2D eigenvalue weighted by Gasteiger charge is 2.20. The number of nitrogens with zero attached hydrogens (tertiary/aromatic N) is 2. The van der Waals surface area contributed by atoms with E-state index < -0.39 is 0 Å². The van der Waals surface area contributed by atoms with E-state index in [2.05, 4.69) is 35.0 Å². The van der Waals surface area contributed by atoms with Crippen LogP contribution in [0.2, 0.25) is 0 Å². The van der Waals surface area contributed by atoms with E-state index >= 15 is 0 Å². The molecule has 0 saturated carbocycles. The molecule has 1 heterocycles. The molecule has 156 valence electrons. The quantitative estimate of drug-likeness (QED) is 0.464. The SMILES string of the molecule is CCCCCCCCCCn1c(CCNC(=O)C(C)(C)C)nc2ccccc21. The second-order valence-corrected chi connectivity index (χ2v) is 8.90. The van der Waals surface area contributed by atoms with Crippen molar-refractivity contribution in [2.75, 3.05) is 6.54 Å². The van der Waals surface area contributed by atoms with Crippen LogP contribution in [0.1, 0.15) is 84.9 Å². The first kappa shape index (κ1) is 22.4. The molecule has 0 radical (unpaired) electrons. The van der Waals surface area contributed by atoms with Crippen LogP contribution in [0.5, 0.6) is 0 Å². The molecule has 28 heavy (non-hydrogen) atoms. The largest absolute Gasteiger partial charge is 0.355 e. The topological polar surface area (TPSA) is 46.9 Å². The fourth-order valence-corrected chi connectivity index (χ4v) is 3.52. The minimum absolute atomic E-state index is 0.0956. The summed E-state index contributed by atoms with van der Waals surface area (Å²) in [6.45, 7) is 9.75. The second kappa shape index (κ2) is 11.2. The van der Waals surface area contributed by atoms with E-state index in [1.165, 1.54) is 56.9 Å². The number of para-hydroxylation sites is 2. The summed E-state index contributed by atoms with van der Waals surface area (Å²) in [5.41, 5.74) is 1.92. The van der Waals surface area contributed by atoms with Crippen LogP contribution in [0.15, 0.2) is 24.3 Å². The lowest BCUT2D eigenvalue weighted by Gasteiger charge is -2.17. The number of hydrogen-bond donors (Lipinski definition) is 1. The Kier molecular flexibility index (Phi) is 9.01. The molecule has 0 spiro atoms. The zero-order chi connectivity index (χ0) is 20.4. The van der Waals surface area contributed by atoms with Gasteiger partial charge in [-0.2, -0.15) is 0 Å². The summed E-state index contributed by atoms with van der Waals surface area (Å²) in [5, 5.41) is 3.05. The summed E-state index contributed by atoms with van der Waals surface area (Å²) in [5.74, 6) is 1.18. The maximum absolute atomic E-state index is 12.1. The summed E-state index contributed by atoms with van der Waals surface area (Å²) in [6.07, 6.45) is 11.4. The van der Waals surface area contributed by atoms with Crippen molar-refractivity contribution in [3.05, 3.63) is 30.1 Å². The minimum Gasteiger partial charge on any atom is -0.355 e. The summed E-state index contributed by atoms with van der Waals surface area (Å²) < 4.78 is 2.36. The van der Waals surface area contributed by atoms with E-state index in [4.69, 9.17) is 4.98 Å². The van der Waals surface area contributed by atoms with E-state index in [0.717, 1.165) is 24.3 Å². The van der Waals surface area contributed by atoms with Gasteiger partial charge in [0.1, 0.15) is 5.82 Å². The highest BCUT2D eigenvalue weighted by atomic mass is 16.2. The Bertz CT molecular complexity index is 727. The van der Waals surface area contributed by atoms with Gasteiger partial charge < -0.3 is 9.88 Å². The lowest BCUT2D eigenvalue weighted by molar-refractivity contribution is -0.128. The molecule has 0 aliphatic heterocycles. The number of fused-ring (bicyclic) bond motifs is 1. The third-order valence-corrected chi connectivity index (χ3v) is 5.28. The number of rotatable bonds is 12. The summed E-state index contributed by atoms with van der Waals surface area (Å²) in [7, 11) is 0. The van der Waals surface area contributed by atoms with Gasteiger partial charge in [-0.25, -0.2) is 4.98 Å². The van der Waals surface area contributed by atoms with Gasteiger partial charge in [-0.1, -0.05) is 84.8 Å². The predicted molar refractivity (Wildman–Crippen MR) is 119 cm³/mol. The van der Waals surface area contributed by atoms with Gasteiger partial charge >= 0.3 is 0 Å². The standard InChI is InChI=1S/C24H39N3O/c1-5-6-7-8-9-10-11-14-19-27-21-16-13-12-15-20(21)26-22(27)17-18-25-23(28)24(2,3)4/h12-13,15-16H,5-11,14,17-19H2,1-4H3,(H,25,28). The van der Waals surface area contributed by atoms with Gasteiger partial charge in [0.25, 0.3) is 0 Å². The molecule has 0 unspecified atom stereocenters. The molecule has 0 fully saturated rings. The molecule has 1 aromatic heterocycles. The molecule has 1 amide bonds. The number of imidazole rings is 1. The van der Waals surface area contributed by atoms with Crippen molar-refractivity contribution in [3.63, 3.8) is 0 Å². The van der Waals surface area contributed by atoms with Gasteiger partial charge in [-0.3, -0.25) is 4.79 Å². The van der Waals surface area contributed by atoms with Gasteiger partial charge in [-0.15, -0.1) is 0 Å². The molecular weight excluding hydrogens is 346 g/mol. The van der Waals surface area contributed by atoms with Crippen molar-refractivity contribution in [1.29, 1.82) is 0 Å². The Balaban J connectivity index is 1.88. The summed E-state index contributed by atoms with van der Waals surface area (Å²) in [6, 6.07) is 8.36. The monoisotopic (exact) mass is 385 g/mol. The molecule has 0 saturated heterocycles. The molecule has 1 aromatic carbocycles.